The number of rotatable bonds is 15. The molecule has 0 saturated heterocycles. The SMILES string of the molecule is O=C(O)CCCCOc1ccc(CC(NC(=O)NCC(F)(F)F)(c2ccc(F)cc2)c2cc(F)cc(OC(F)(F)C(F)F)c2)cc1. The van der Waals surface area contributed by atoms with E-state index in [0.29, 0.717) is 36.3 Å². The summed E-state index contributed by atoms with van der Waals surface area (Å²) in [7, 11) is 0. The first-order valence-corrected chi connectivity index (χ1v) is 13.5. The van der Waals surface area contributed by atoms with Gasteiger partial charge < -0.3 is 25.2 Å². The number of hydrogen-bond acceptors (Lipinski definition) is 4. The maximum absolute atomic E-state index is 14.9. The van der Waals surface area contributed by atoms with E-state index < -0.39 is 72.2 Å². The number of ether oxygens (including phenoxy) is 2. The lowest BCUT2D eigenvalue weighted by Gasteiger charge is -2.37. The number of halogens is 9. The molecule has 0 aliphatic carbocycles. The minimum absolute atomic E-state index is 0.0517. The van der Waals surface area contributed by atoms with Gasteiger partial charge in [-0.05, 0) is 65.9 Å². The molecule has 7 nitrogen and oxygen atoms in total. The van der Waals surface area contributed by atoms with Crippen LogP contribution in [-0.4, -0.2) is 49.0 Å². The number of benzene rings is 3. The topological polar surface area (TPSA) is 96.9 Å². The number of urea groups is 1. The summed E-state index contributed by atoms with van der Waals surface area (Å²) >= 11 is 0. The number of carboxylic acids is 1. The fourth-order valence-corrected chi connectivity index (χ4v) is 4.36. The van der Waals surface area contributed by atoms with Crippen LogP contribution in [0.1, 0.15) is 36.0 Å². The van der Waals surface area contributed by atoms with E-state index in [2.05, 4.69) is 10.1 Å². The van der Waals surface area contributed by atoms with Crippen LogP contribution in [0.25, 0.3) is 0 Å². The van der Waals surface area contributed by atoms with E-state index in [1.807, 2.05) is 0 Å². The second kappa shape index (κ2) is 15.1. The average molecular weight is 667 g/mol. The van der Waals surface area contributed by atoms with Crippen molar-refractivity contribution < 1.29 is 63.7 Å². The standard InChI is InChI=1S/C30H27F9N2O5/c31-21-8-6-19(7-9-21)28(41-27(44)40-17-29(35,36)37,20-13-22(32)15-24(14-20)46-30(38,39)26(33)34)16-18-4-10-23(11-5-18)45-12-2-1-3-25(42)43/h4-11,13-15,26H,1-3,12,16-17H2,(H,42,43)(H2,40,41,44). The first kappa shape index (κ1) is 35.8. The highest BCUT2D eigenvalue weighted by atomic mass is 19.4. The van der Waals surface area contributed by atoms with Crippen molar-refractivity contribution in [1.82, 2.24) is 10.6 Å². The lowest BCUT2D eigenvalue weighted by molar-refractivity contribution is -0.253. The number of nitrogens with one attached hydrogen (secondary N) is 2. The Bertz CT molecular complexity index is 1470. The quantitative estimate of drug-likeness (QED) is 0.118. The van der Waals surface area contributed by atoms with Crippen LogP contribution >= 0.6 is 0 Å². The number of unbranched alkanes of at least 4 members (excludes halogenated alkanes) is 1. The van der Waals surface area contributed by atoms with Gasteiger partial charge in [0.1, 0.15) is 29.7 Å². The highest BCUT2D eigenvalue weighted by Gasteiger charge is 2.45. The molecule has 3 aromatic carbocycles. The van der Waals surface area contributed by atoms with Crippen molar-refractivity contribution in [2.45, 2.75) is 49.9 Å². The number of carboxylic acid groups (broad SMARTS) is 1. The molecule has 0 aliphatic heterocycles. The predicted molar refractivity (Wildman–Crippen MR) is 145 cm³/mol. The largest absolute Gasteiger partial charge is 0.494 e. The Balaban J connectivity index is 2.09. The third-order valence-corrected chi connectivity index (χ3v) is 6.43. The Hall–Kier alpha value is -4.63. The van der Waals surface area contributed by atoms with Crippen LogP contribution < -0.4 is 20.1 Å². The molecule has 0 aromatic heterocycles. The van der Waals surface area contributed by atoms with Gasteiger partial charge in [-0.1, -0.05) is 24.3 Å². The summed E-state index contributed by atoms with van der Waals surface area (Å²) in [5, 5.41) is 12.6. The number of alkyl halides is 7. The molecule has 16 heteroatoms. The van der Waals surface area contributed by atoms with Gasteiger partial charge in [0.2, 0.25) is 0 Å². The van der Waals surface area contributed by atoms with Gasteiger partial charge >= 0.3 is 30.7 Å². The molecule has 2 amide bonds. The highest BCUT2D eigenvalue weighted by molar-refractivity contribution is 5.76. The zero-order valence-corrected chi connectivity index (χ0v) is 23.7. The maximum Gasteiger partial charge on any atom is 0.461 e. The van der Waals surface area contributed by atoms with Gasteiger partial charge in [0.15, 0.2) is 0 Å². The molecular weight excluding hydrogens is 639 g/mol. The molecule has 250 valence electrons. The monoisotopic (exact) mass is 666 g/mol. The molecule has 3 rings (SSSR count). The first-order valence-electron chi connectivity index (χ1n) is 13.5. The normalized spacial score (nSPS) is 13.2. The van der Waals surface area contributed by atoms with Crippen LogP contribution in [0.15, 0.2) is 66.7 Å². The molecule has 46 heavy (non-hydrogen) atoms. The van der Waals surface area contributed by atoms with Crippen molar-refractivity contribution in [1.29, 1.82) is 0 Å². The molecule has 1 atom stereocenters. The van der Waals surface area contributed by atoms with Crippen LogP contribution in [0.5, 0.6) is 11.5 Å². The van der Waals surface area contributed by atoms with E-state index in [-0.39, 0.29) is 18.6 Å². The van der Waals surface area contributed by atoms with Crippen molar-refractivity contribution in [2.75, 3.05) is 13.2 Å². The second-order valence-electron chi connectivity index (χ2n) is 10.00. The lowest BCUT2D eigenvalue weighted by atomic mass is 9.77. The van der Waals surface area contributed by atoms with Crippen molar-refractivity contribution in [3.63, 3.8) is 0 Å². The third kappa shape index (κ3) is 10.5. The van der Waals surface area contributed by atoms with Crippen LogP contribution in [0.2, 0.25) is 0 Å². The van der Waals surface area contributed by atoms with Gasteiger partial charge in [0, 0.05) is 18.9 Å². The van der Waals surface area contributed by atoms with Crippen molar-refractivity contribution >= 4 is 12.0 Å². The highest BCUT2D eigenvalue weighted by Crippen LogP contribution is 2.38. The van der Waals surface area contributed by atoms with Crippen LogP contribution in [-0.2, 0) is 16.8 Å². The number of carbonyl (C=O) groups excluding carboxylic acids is 1. The van der Waals surface area contributed by atoms with Gasteiger partial charge in [-0.15, -0.1) is 0 Å². The molecular formula is C30H27F9N2O5. The van der Waals surface area contributed by atoms with Crippen molar-refractivity contribution in [3.8, 4) is 11.5 Å². The minimum atomic E-state index is -5.06. The molecule has 1 unspecified atom stereocenters. The maximum atomic E-state index is 14.9. The van der Waals surface area contributed by atoms with E-state index in [4.69, 9.17) is 9.84 Å². The summed E-state index contributed by atoms with van der Waals surface area (Å²) in [5.41, 5.74) is -2.32. The number of aliphatic carboxylic acids is 1. The van der Waals surface area contributed by atoms with Gasteiger partial charge in [0.05, 0.1) is 12.1 Å². The fourth-order valence-electron chi connectivity index (χ4n) is 4.36. The zero-order valence-electron chi connectivity index (χ0n) is 23.7. The third-order valence-electron chi connectivity index (χ3n) is 6.43. The molecule has 0 aliphatic rings. The summed E-state index contributed by atoms with van der Waals surface area (Å²) in [5.74, 6) is -3.81. The van der Waals surface area contributed by atoms with Crippen LogP contribution in [0.3, 0.4) is 0 Å². The Labute approximate surface area is 256 Å². The zero-order chi connectivity index (χ0) is 34.1. The summed E-state index contributed by atoms with van der Waals surface area (Å²) in [6.07, 6.45) is -13.9. The van der Waals surface area contributed by atoms with Crippen LogP contribution in [0, 0.1) is 11.6 Å². The van der Waals surface area contributed by atoms with Gasteiger partial charge in [0.25, 0.3) is 0 Å². The number of hydrogen-bond donors (Lipinski definition) is 3. The van der Waals surface area contributed by atoms with Crippen molar-refractivity contribution in [2.24, 2.45) is 0 Å². The molecule has 0 bridgehead atoms. The summed E-state index contributed by atoms with van der Waals surface area (Å²) in [6, 6.07) is 10.2. The van der Waals surface area contributed by atoms with E-state index in [1.165, 1.54) is 24.3 Å². The average Bonchev–Trinajstić information content (AvgIpc) is 2.95. The Morgan fingerprint density at radius 1 is 0.804 bits per heavy atom. The predicted octanol–water partition coefficient (Wildman–Crippen LogP) is 7.18. The molecule has 0 saturated carbocycles. The molecule has 0 spiro atoms. The molecule has 0 heterocycles. The molecule has 0 fully saturated rings. The molecule has 0 radical (unpaired) electrons. The summed E-state index contributed by atoms with van der Waals surface area (Å²) in [4.78, 5) is 23.5. The smallest absolute Gasteiger partial charge is 0.461 e. The van der Waals surface area contributed by atoms with Gasteiger partial charge in [-0.3, -0.25) is 4.79 Å². The Morgan fingerprint density at radius 3 is 2.04 bits per heavy atom. The fraction of sp³-hybridized carbons (Fsp3) is 0.333. The minimum Gasteiger partial charge on any atom is -0.494 e. The first-order chi connectivity index (χ1) is 21.5. The number of carbonyl (C=O) groups is 2. The van der Waals surface area contributed by atoms with Gasteiger partial charge in [-0.2, -0.15) is 30.7 Å². The Kier molecular flexibility index (Phi) is 11.8. The van der Waals surface area contributed by atoms with E-state index >= 15 is 0 Å². The van der Waals surface area contributed by atoms with Crippen molar-refractivity contribution in [3.05, 3.63) is 95.1 Å². The van der Waals surface area contributed by atoms with E-state index in [0.717, 1.165) is 30.3 Å². The molecule has 3 aromatic rings. The summed E-state index contributed by atoms with van der Waals surface area (Å²) in [6.45, 7) is -1.63. The van der Waals surface area contributed by atoms with E-state index in [1.54, 1.807) is 5.32 Å². The molecule has 3 N–H and O–H groups in total. The Morgan fingerprint density at radius 2 is 1.46 bits per heavy atom. The van der Waals surface area contributed by atoms with E-state index in [9.17, 15) is 49.1 Å². The second-order valence-corrected chi connectivity index (χ2v) is 10.00. The lowest BCUT2D eigenvalue weighted by Crippen LogP contribution is -2.53. The number of amides is 2. The summed E-state index contributed by atoms with van der Waals surface area (Å²) < 4.78 is 130. The van der Waals surface area contributed by atoms with Gasteiger partial charge in [-0.25, -0.2) is 13.6 Å². The van der Waals surface area contributed by atoms with Crippen LogP contribution in [0.4, 0.5) is 44.3 Å².